The van der Waals surface area contributed by atoms with E-state index in [1.807, 2.05) is 25.1 Å². The van der Waals surface area contributed by atoms with Gasteiger partial charge in [0.2, 0.25) is 0 Å². The van der Waals surface area contributed by atoms with Crippen LogP contribution in [0.3, 0.4) is 0 Å². The van der Waals surface area contributed by atoms with Crippen molar-refractivity contribution >= 4 is 40.5 Å². The molecule has 106 valence electrons. The van der Waals surface area contributed by atoms with Gasteiger partial charge in [0.15, 0.2) is 0 Å². The van der Waals surface area contributed by atoms with Gasteiger partial charge in [-0.2, -0.15) is 0 Å². The van der Waals surface area contributed by atoms with Gasteiger partial charge in [0.25, 0.3) is 0 Å². The van der Waals surface area contributed by atoms with Crippen LogP contribution in [0, 0.1) is 0 Å². The van der Waals surface area contributed by atoms with Crippen LogP contribution in [-0.2, 0) is 5.54 Å². The van der Waals surface area contributed by atoms with E-state index in [0.29, 0.717) is 20.6 Å². The summed E-state index contributed by atoms with van der Waals surface area (Å²) in [7, 11) is 0. The van der Waals surface area contributed by atoms with Gasteiger partial charge in [0, 0.05) is 10.0 Å². The number of halogens is 3. The number of aliphatic hydroxyl groups is 1. The predicted molar refractivity (Wildman–Crippen MR) is 86.0 cm³/mol. The first kappa shape index (κ1) is 15.5. The highest BCUT2D eigenvalue weighted by atomic mass is 35.5. The van der Waals surface area contributed by atoms with Crippen molar-refractivity contribution in [2.75, 3.05) is 11.9 Å². The Hall–Kier alpha value is -0.930. The zero-order chi connectivity index (χ0) is 14.8. The summed E-state index contributed by atoms with van der Waals surface area (Å²) >= 11 is 18.4. The van der Waals surface area contributed by atoms with Crippen LogP contribution in [0.1, 0.15) is 12.5 Å². The Morgan fingerprint density at radius 3 is 2.40 bits per heavy atom. The molecule has 5 heteroatoms. The molecule has 0 saturated carbocycles. The molecule has 1 unspecified atom stereocenters. The number of rotatable bonds is 4. The molecule has 1 atom stereocenters. The molecule has 2 rings (SSSR count). The SMILES string of the molecule is CC(CO)(Nc1ccccc1Cl)c1cc(Cl)ccc1Cl. The van der Waals surface area contributed by atoms with Crippen LogP contribution < -0.4 is 5.32 Å². The lowest BCUT2D eigenvalue weighted by molar-refractivity contribution is 0.224. The number of aliphatic hydroxyl groups excluding tert-OH is 1. The lowest BCUT2D eigenvalue weighted by Gasteiger charge is -2.32. The van der Waals surface area contributed by atoms with Gasteiger partial charge in [-0.25, -0.2) is 0 Å². The van der Waals surface area contributed by atoms with Crippen molar-refractivity contribution in [2.45, 2.75) is 12.5 Å². The summed E-state index contributed by atoms with van der Waals surface area (Å²) in [6.07, 6.45) is 0. The monoisotopic (exact) mass is 329 g/mol. The van der Waals surface area contributed by atoms with Crippen LogP contribution in [0.25, 0.3) is 0 Å². The summed E-state index contributed by atoms with van der Waals surface area (Å²) in [6.45, 7) is 1.69. The van der Waals surface area contributed by atoms with Crippen LogP contribution >= 0.6 is 34.8 Å². The first-order valence-electron chi connectivity index (χ1n) is 6.05. The Bertz CT molecular complexity index is 618. The Kier molecular flexibility index (Phi) is 4.82. The maximum absolute atomic E-state index is 9.80. The topological polar surface area (TPSA) is 32.3 Å². The molecule has 0 bridgehead atoms. The molecule has 0 aliphatic rings. The fraction of sp³-hybridized carbons (Fsp3) is 0.200. The van der Waals surface area contributed by atoms with Crippen molar-refractivity contribution in [3.63, 3.8) is 0 Å². The molecule has 0 aromatic heterocycles. The summed E-state index contributed by atoms with van der Waals surface area (Å²) in [5.41, 5.74) is 0.656. The summed E-state index contributed by atoms with van der Waals surface area (Å²) in [5, 5.41) is 14.7. The maximum atomic E-state index is 9.80. The normalized spacial score (nSPS) is 13.8. The quantitative estimate of drug-likeness (QED) is 0.830. The molecule has 0 spiro atoms. The minimum atomic E-state index is -0.785. The molecule has 2 aromatic carbocycles. The van der Waals surface area contributed by atoms with Gasteiger partial charge in [0.1, 0.15) is 0 Å². The highest BCUT2D eigenvalue weighted by molar-refractivity contribution is 6.34. The molecule has 0 saturated heterocycles. The van der Waals surface area contributed by atoms with E-state index in [2.05, 4.69) is 5.32 Å². The third-order valence-electron chi connectivity index (χ3n) is 3.12. The third kappa shape index (κ3) is 3.21. The van der Waals surface area contributed by atoms with E-state index in [1.54, 1.807) is 24.3 Å². The van der Waals surface area contributed by atoms with Crippen molar-refractivity contribution in [3.05, 3.63) is 63.1 Å². The molecule has 0 radical (unpaired) electrons. The van der Waals surface area contributed by atoms with Crippen molar-refractivity contribution in [3.8, 4) is 0 Å². The van der Waals surface area contributed by atoms with Gasteiger partial charge in [-0.3, -0.25) is 0 Å². The molecule has 0 aliphatic heterocycles. The number of hydrogen-bond acceptors (Lipinski definition) is 2. The molecule has 0 amide bonds. The minimum Gasteiger partial charge on any atom is -0.394 e. The standard InChI is InChI=1S/C15H14Cl3NO/c1-15(9-20,11-8-10(16)6-7-12(11)17)19-14-5-3-2-4-13(14)18/h2-8,19-20H,9H2,1H3. The van der Waals surface area contributed by atoms with Gasteiger partial charge in [0.05, 0.1) is 22.9 Å². The molecule has 0 heterocycles. The fourth-order valence-corrected chi connectivity index (χ4v) is 2.65. The van der Waals surface area contributed by atoms with Crippen molar-refractivity contribution < 1.29 is 5.11 Å². The average molecular weight is 331 g/mol. The van der Waals surface area contributed by atoms with E-state index in [9.17, 15) is 5.11 Å². The Morgan fingerprint density at radius 1 is 1.05 bits per heavy atom. The molecule has 2 N–H and O–H groups in total. The second-order valence-electron chi connectivity index (χ2n) is 4.72. The minimum absolute atomic E-state index is 0.154. The molecule has 0 fully saturated rings. The highest BCUT2D eigenvalue weighted by Gasteiger charge is 2.29. The fourth-order valence-electron chi connectivity index (χ4n) is 1.97. The van der Waals surface area contributed by atoms with E-state index in [4.69, 9.17) is 34.8 Å². The van der Waals surface area contributed by atoms with Crippen LogP contribution in [0.15, 0.2) is 42.5 Å². The van der Waals surface area contributed by atoms with Crippen molar-refractivity contribution in [2.24, 2.45) is 0 Å². The number of nitrogens with one attached hydrogen (secondary N) is 1. The third-order valence-corrected chi connectivity index (χ3v) is 4.02. The van der Waals surface area contributed by atoms with Crippen molar-refractivity contribution in [1.82, 2.24) is 0 Å². The Morgan fingerprint density at radius 2 is 1.75 bits per heavy atom. The van der Waals surface area contributed by atoms with E-state index in [1.165, 1.54) is 0 Å². The summed E-state index contributed by atoms with van der Waals surface area (Å²) in [6, 6.07) is 12.5. The molecule has 20 heavy (non-hydrogen) atoms. The second-order valence-corrected chi connectivity index (χ2v) is 5.97. The van der Waals surface area contributed by atoms with Crippen LogP contribution in [0.2, 0.25) is 15.1 Å². The number of anilines is 1. The van der Waals surface area contributed by atoms with Gasteiger partial charge in [-0.15, -0.1) is 0 Å². The van der Waals surface area contributed by atoms with E-state index in [-0.39, 0.29) is 6.61 Å². The summed E-state index contributed by atoms with van der Waals surface area (Å²) in [5.74, 6) is 0. The van der Waals surface area contributed by atoms with Gasteiger partial charge in [-0.05, 0) is 42.8 Å². The van der Waals surface area contributed by atoms with E-state index in [0.717, 1.165) is 5.69 Å². The smallest absolute Gasteiger partial charge is 0.0843 e. The van der Waals surface area contributed by atoms with Crippen molar-refractivity contribution in [1.29, 1.82) is 0 Å². The first-order chi connectivity index (χ1) is 9.46. The highest BCUT2D eigenvalue weighted by Crippen LogP contribution is 2.35. The van der Waals surface area contributed by atoms with E-state index >= 15 is 0 Å². The average Bonchev–Trinajstić information content (AvgIpc) is 2.44. The van der Waals surface area contributed by atoms with Gasteiger partial charge in [-0.1, -0.05) is 46.9 Å². The van der Waals surface area contributed by atoms with E-state index < -0.39 is 5.54 Å². The predicted octanol–water partition coefficient (Wildman–Crippen LogP) is 4.97. The van der Waals surface area contributed by atoms with Crippen LogP contribution in [0.4, 0.5) is 5.69 Å². The van der Waals surface area contributed by atoms with Gasteiger partial charge >= 0.3 is 0 Å². The Labute approximate surface area is 133 Å². The molecular weight excluding hydrogens is 317 g/mol. The zero-order valence-corrected chi connectivity index (χ0v) is 13.1. The summed E-state index contributed by atoms with van der Waals surface area (Å²) < 4.78 is 0. The molecule has 2 aromatic rings. The molecule has 2 nitrogen and oxygen atoms in total. The molecular formula is C15H14Cl3NO. The lowest BCUT2D eigenvalue weighted by Crippen LogP contribution is -2.36. The first-order valence-corrected chi connectivity index (χ1v) is 7.19. The largest absolute Gasteiger partial charge is 0.394 e. The van der Waals surface area contributed by atoms with Crippen LogP contribution in [0.5, 0.6) is 0 Å². The number of para-hydroxylation sites is 1. The Balaban J connectivity index is 2.43. The lowest BCUT2D eigenvalue weighted by atomic mass is 9.92. The maximum Gasteiger partial charge on any atom is 0.0843 e. The van der Waals surface area contributed by atoms with Crippen LogP contribution in [-0.4, -0.2) is 11.7 Å². The second kappa shape index (κ2) is 6.23. The zero-order valence-electron chi connectivity index (χ0n) is 10.8. The number of benzene rings is 2. The summed E-state index contributed by atoms with van der Waals surface area (Å²) in [4.78, 5) is 0. The number of hydrogen-bond donors (Lipinski definition) is 2. The molecule has 0 aliphatic carbocycles. The van der Waals surface area contributed by atoms with Gasteiger partial charge < -0.3 is 10.4 Å².